The number of carbonyl (C=O) groups is 1. The number of para-hydroxylation sites is 1. The fraction of sp³-hybridized carbons (Fsp3) is 0.286. The van der Waals surface area contributed by atoms with Gasteiger partial charge in [0.25, 0.3) is 0 Å². The summed E-state index contributed by atoms with van der Waals surface area (Å²) in [5.74, 6) is 0.577. The quantitative estimate of drug-likeness (QED) is 0.592. The first-order valence-corrected chi connectivity index (χ1v) is 9.12. The van der Waals surface area contributed by atoms with Crippen LogP contribution in [0.2, 0.25) is 0 Å². The maximum absolute atomic E-state index is 12.2. The molecular formula is C21H25ClN4O. The van der Waals surface area contributed by atoms with E-state index in [-0.39, 0.29) is 18.4 Å². The number of anilines is 2. The zero-order valence-corrected chi connectivity index (χ0v) is 16.2. The highest BCUT2D eigenvalue weighted by Crippen LogP contribution is 2.34. The lowest BCUT2D eigenvalue weighted by atomic mass is 9.89. The summed E-state index contributed by atoms with van der Waals surface area (Å²) >= 11 is 0. The monoisotopic (exact) mass is 384 g/mol. The van der Waals surface area contributed by atoms with Crippen molar-refractivity contribution in [2.24, 2.45) is 0 Å². The molecule has 0 radical (unpaired) electrons. The number of benzene rings is 2. The SMILES string of the molecule is CN1CCC(c2c[nH]c3ccc(NC(=O)Nc4ccccc4)cc23)CC1.Cl. The molecule has 1 fully saturated rings. The fourth-order valence-corrected chi connectivity index (χ4v) is 3.69. The highest BCUT2D eigenvalue weighted by molar-refractivity contribution is 6.01. The van der Waals surface area contributed by atoms with Crippen LogP contribution in [0.5, 0.6) is 0 Å². The van der Waals surface area contributed by atoms with Gasteiger partial charge < -0.3 is 20.5 Å². The van der Waals surface area contributed by atoms with Crippen molar-refractivity contribution in [3.05, 3.63) is 60.3 Å². The maximum atomic E-state index is 12.2. The highest BCUT2D eigenvalue weighted by atomic mass is 35.5. The molecule has 2 aromatic carbocycles. The van der Waals surface area contributed by atoms with E-state index in [0.29, 0.717) is 5.92 Å². The largest absolute Gasteiger partial charge is 0.361 e. The fourth-order valence-electron chi connectivity index (χ4n) is 3.69. The third-order valence-electron chi connectivity index (χ3n) is 5.16. The number of nitrogens with zero attached hydrogens (tertiary/aromatic N) is 1. The summed E-state index contributed by atoms with van der Waals surface area (Å²) in [6.45, 7) is 2.27. The van der Waals surface area contributed by atoms with Gasteiger partial charge in [-0.05, 0) is 74.8 Å². The maximum Gasteiger partial charge on any atom is 0.323 e. The van der Waals surface area contributed by atoms with Gasteiger partial charge in [0.1, 0.15) is 0 Å². The average molecular weight is 385 g/mol. The van der Waals surface area contributed by atoms with E-state index in [0.717, 1.165) is 30.0 Å². The lowest BCUT2D eigenvalue weighted by molar-refractivity contribution is 0.256. The molecule has 3 aromatic rings. The van der Waals surface area contributed by atoms with E-state index in [1.165, 1.54) is 23.8 Å². The van der Waals surface area contributed by atoms with Crippen LogP contribution in [0.15, 0.2) is 54.7 Å². The zero-order valence-electron chi connectivity index (χ0n) is 15.4. The zero-order chi connectivity index (χ0) is 17.9. The number of H-pyrrole nitrogens is 1. The second-order valence-electron chi connectivity index (χ2n) is 7.03. The lowest BCUT2D eigenvalue weighted by Crippen LogP contribution is -2.29. The van der Waals surface area contributed by atoms with Gasteiger partial charge in [0.05, 0.1) is 0 Å². The molecule has 0 atom stereocenters. The normalized spacial score (nSPS) is 15.3. The van der Waals surface area contributed by atoms with Crippen molar-refractivity contribution in [2.75, 3.05) is 30.8 Å². The summed E-state index contributed by atoms with van der Waals surface area (Å²) in [7, 11) is 2.18. The molecule has 27 heavy (non-hydrogen) atoms. The molecule has 1 saturated heterocycles. The molecule has 1 aliphatic rings. The summed E-state index contributed by atoms with van der Waals surface area (Å²) in [5, 5.41) is 6.99. The van der Waals surface area contributed by atoms with E-state index in [2.05, 4.69) is 39.8 Å². The van der Waals surface area contributed by atoms with Crippen molar-refractivity contribution in [1.29, 1.82) is 0 Å². The Balaban J connectivity index is 0.00000210. The summed E-state index contributed by atoms with van der Waals surface area (Å²) in [5.41, 5.74) is 4.06. The molecule has 1 aliphatic heterocycles. The Bertz CT molecular complexity index is 901. The van der Waals surface area contributed by atoms with Crippen molar-refractivity contribution in [3.8, 4) is 0 Å². The van der Waals surface area contributed by atoms with Crippen molar-refractivity contribution in [1.82, 2.24) is 9.88 Å². The van der Waals surface area contributed by atoms with Crippen LogP contribution in [-0.2, 0) is 0 Å². The minimum Gasteiger partial charge on any atom is -0.361 e. The van der Waals surface area contributed by atoms with Gasteiger partial charge in [-0.2, -0.15) is 0 Å². The molecule has 6 heteroatoms. The third kappa shape index (κ3) is 4.43. The Morgan fingerprint density at radius 3 is 2.48 bits per heavy atom. The number of aromatic nitrogens is 1. The highest BCUT2D eigenvalue weighted by Gasteiger charge is 2.21. The van der Waals surface area contributed by atoms with E-state index >= 15 is 0 Å². The molecule has 5 nitrogen and oxygen atoms in total. The predicted molar refractivity (Wildman–Crippen MR) is 114 cm³/mol. The first-order valence-electron chi connectivity index (χ1n) is 9.12. The molecule has 2 heterocycles. The number of likely N-dealkylation sites (tertiary alicyclic amines) is 1. The van der Waals surface area contributed by atoms with Gasteiger partial charge in [0.2, 0.25) is 0 Å². The van der Waals surface area contributed by atoms with E-state index in [1.54, 1.807) is 0 Å². The van der Waals surface area contributed by atoms with Crippen LogP contribution < -0.4 is 10.6 Å². The topological polar surface area (TPSA) is 60.2 Å². The molecule has 0 aliphatic carbocycles. The Labute approximate surface area is 165 Å². The number of halogens is 1. The summed E-state index contributed by atoms with van der Waals surface area (Å²) in [6, 6.07) is 15.3. The van der Waals surface area contributed by atoms with E-state index in [9.17, 15) is 4.79 Å². The molecule has 0 unspecified atom stereocenters. The van der Waals surface area contributed by atoms with E-state index in [4.69, 9.17) is 0 Å². The minimum atomic E-state index is -0.230. The molecule has 3 N–H and O–H groups in total. The van der Waals surface area contributed by atoms with Crippen molar-refractivity contribution in [3.63, 3.8) is 0 Å². The number of hydrogen-bond donors (Lipinski definition) is 3. The van der Waals surface area contributed by atoms with E-state index in [1.807, 2.05) is 42.5 Å². The van der Waals surface area contributed by atoms with E-state index < -0.39 is 0 Å². The predicted octanol–water partition coefficient (Wildman–Crippen LogP) is 5.04. The van der Waals surface area contributed by atoms with Crippen LogP contribution in [-0.4, -0.2) is 36.1 Å². The third-order valence-corrected chi connectivity index (χ3v) is 5.16. The first kappa shape index (κ1) is 19.3. The van der Waals surface area contributed by atoms with Gasteiger partial charge in [-0.15, -0.1) is 12.4 Å². The van der Waals surface area contributed by atoms with Crippen LogP contribution in [0.4, 0.5) is 16.2 Å². The molecule has 1 aromatic heterocycles. The molecule has 2 amide bonds. The summed E-state index contributed by atoms with van der Waals surface area (Å²) < 4.78 is 0. The lowest BCUT2D eigenvalue weighted by Gasteiger charge is -2.28. The molecular weight excluding hydrogens is 360 g/mol. The molecule has 0 saturated carbocycles. The van der Waals surface area contributed by atoms with Gasteiger partial charge in [-0.25, -0.2) is 4.79 Å². The number of amides is 2. The molecule has 0 bridgehead atoms. The van der Waals surface area contributed by atoms with Crippen LogP contribution in [0, 0.1) is 0 Å². The minimum absolute atomic E-state index is 0. The van der Waals surface area contributed by atoms with Crippen molar-refractivity contribution in [2.45, 2.75) is 18.8 Å². The first-order chi connectivity index (χ1) is 12.7. The smallest absolute Gasteiger partial charge is 0.323 e. The Morgan fingerprint density at radius 1 is 1.04 bits per heavy atom. The van der Waals surface area contributed by atoms with Crippen LogP contribution in [0.1, 0.15) is 24.3 Å². The number of aromatic amines is 1. The number of hydrogen-bond acceptors (Lipinski definition) is 2. The second-order valence-corrected chi connectivity index (χ2v) is 7.03. The second kappa shape index (κ2) is 8.46. The summed E-state index contributed by atoms with van der Waals surface area (Å²) in [4.78, 5) is 18.0. The van der Waals surface area contributed by atoms with Crippen molar-refractivity contribution >= 4 is 40.7 Å². The number of urea groups is 1. The van der Waals surface area contributed by atoms with Crippen LogP contribution in [0.3, 0.4) is 0 Å². The Hall–Kier alpha value is -2.50. The average Bonchev–Trinajstić information content (AvgIpc) is 3.06. The van der Waals surface area contributed by atoms with Gasteiger partial charge in [0.15, 0.2) is 0 Å². The van der Waals surface area contributed by atoms with Crippen molar-refractivity contribution < 1.29 is 4.79 Å². The Kier molecular flexibility index (Phi) is 6.04. The van der Waals surface area contributed by atoms with Crippen LogP contribution in [0.25, 0.3) is 10.9 Å². The Morgan fingerprint density at radius 2 is 1.74 bits per heavy atom. The number of carbonyl (C=O) groups excluding carboxylic acids is 1. The number of fused-ring (bicyclic) bond motifs is 1. The molecule has 4 rings (SSSR count). The number of piperidine rings is 1. The van der Waals surface area contributed by atoms with Crippen LogP contribution >= 0.6 is 12.4 Å². The number of rotatable bonds is 3. The van der Waals surface area contributed by atoms with Gasteiger partial charge >= 0.3 is 6.03 Å². The van der Waals surface area contributed by atoms with Gasteiger partial charge in [0, 0.05) is 28.5 Å². The molecule has 0 spiro atoms. The standard InChI is InChI=1S/C21H24N4O.ClH/c1-25-11-9-15(10-12-25)19-14-22-20-8-7-17(13-18(19)20)24-21(26)23-16-5-3-2-4-6-16;/h2-8,13-15,22H,9-12H2,1H3,(H2,23,24,26);1H. The van der Waals surface area contributed by atoms with Gasteiger partial charge in [-0.3, -0.25) is 0 Å². The molecule has 142 valence electrons. The van der Waals surface area contributed by atoms with Gasteiger partial charge in [-0.1, -0.05) is 18.2 Å². The number of nitrogens with one attached hydrogen (secondary N) is 3. The summed E-state index contributed by atoms with van der Waals surface area (Å²) in [6.07, 6.45) is 4.49.